The number of ether oxygens (including phenoxy) is 2. The first-order valence-electron chi connectivity index (χ1n) is 13.5. The van der Waals surface area contributed by atoms with E-state index < -0.39 is 40.3 Å². The number of methoxy groups -OCH3 is 1. The summed E-state index contributed by atoms with van der Waals surface area (Å²) in [4.78, 5) is 52.0. The van der Waals surface area contributed by atoms with Gasteiger partial charge in [0.15, 0.2) is 0 Å². The van der Waals surface area contributed by atoms with E-state index in [2.05, 4.69) is 10.6 Å². The van der Waals surface area contributed by atoms with E-state index in [1.165, 1.54) is 7.11 Å². The van der Waals surface area contributed by atoms with Crippen molar-refractivity contribution in [2.75, 3.05) is 12.4 Å². The van der Waals surface area contributed by atoms with Crippen molar-refractivity contribution < 1.29 is 28.7 Å². The molecule has 2 amide bonds. The maximum absolute atomic E-state index is 13.5. The van der Waals surface area contributed by atoms with Crippen molar-refractivity contribution in [2.24, 2.45) is 16.7 Å². The number of carbonyl (C=O) groups is 4. The van der Waals surface area contributed by atoms with Crippen LogP contribution < -0.4 is 10.6 Å². The van der Waals surface area contributed by atoms with E-state index in [4.69, 9.17) is 32.7 Å². The summed E-state index contributed by atoms with van der Waals surface area (Å²) >= 11 is 12.3. The highest BCUT2D eigenvalue weighted by molar-refractivity contribution is 6.40. The van der Waals surface area contributed by atoms with Crippen LogP contribution >= 0.6 is 23.2 Å². The average Bonchev–Trinajstić information content (AvgIpc) is 3.12. The van der Waals surface area contributed by atoms with Crippen LogP contribution in [0.5, 0.6) is 0 Å². The van der Waals surface area contributed by atoms with Crippen LogP contribution in [0.4, 0.5) is 5.69 Å². The lowest BCUT2D eigenvalue weighted by molar-refractivity contribution is -0.173. The summed E-state index contributed by atoms with van der Waals surface area (Å²) in [5, 5.41) is 6.08. The minimum atomic E-state index is -0.945. The van der Waals surface area contributed by atoms with Gasteiger partial charge in [-0.3, -0.25) is 14.4 Å². The van der Waals surface area contributed by atoms with Gasteiger partial charge in [0.05, 0.1) is 28.1 Å². The molecule has 222 valence electrons. The molecule has 8 nitrogen and oxygen atoms in total. The number of esters is 2. The summed E-state index contributed by atoms with van der Waals surface area (Å²) in [6.45, 7) is 11.1. The van der Waals surface area contributed by atoms with Crippen LogP contribution in [0.1, 0.15) is 70.3 Å². The summed E-state index contributed by atoms with van der Waals surface area (Å²) in [5.74, 6) is -2.21. The summed E-state index contributed by atoms with van der Waals surface area (Å²) in [7, 11) is 1.26. The molecule has 0 heterocycles. The molecule has 1 aliphatic carbocycles. The molecule has 0 aliphatic heterocycles. The number of carbonyl (C=O) groups excluding carboxylic acids is 4. The molecule has 3 atom stereocenters. The second-order valence-corrected chi connectivity index (χ2v) is 13.0. The number of anilines is 1. The van der Waals surface area contributed by atoms with Gasteiger partial charge in [0, 0.05) is 18.0 Å². The van der Waals surface area contributed by atoms with Crippen molar-refractivity contribution in [3.63, 3.8) is 0 Å². The third kappa shape index (κ3) is 7.22. The number of amides is 2. The summed E-state index contributed by atoms with van der Waals surface area (Å²) in [5.41, 5.74) is -0.818. The van der Waals surface area contributed by atoms with Gasteiger partial charge in [0.2, 0.25) is 5.91 Å². The molecule has 0 radical (unpaired) electrons. The first kappa shape index (κ1) is 32.4. The van der Waals surface area contributed by atoms with Gasteiger partial charge in [0.25, 0.3) is 5.91 Å². The smallest absolute Gasteiger partial charge is 0.328 e. The molecular weight excluding hydrogens is 567 g/mol. The number of hydrogen-bond acceptors (Lipinski definition) is 6. The Morgan fingerprint density at radius 1 is 1.00 bits per heavy atom. The van der Waals surface area contributed by atoms with Crippen molar-refractivity contribution in [3.05, 3.63) is 63.6 Å². The van der Waals surface area contributed by atoms with Crippen LogP contribution in [0, 0.1) is 16.7 Å². The highest BCUT2D eigenvalue weighted by Crippen LogP contribution is 2.57. The van der Waals surface area contributed by atoms with Gasteiger partial charge in [-0.25, -0.2) is 4.79 Å². The fourth-order valence-electron chi connectivity index (χ4n) is 5.19. The van der Waals surface area contributed by atoms with E-state index >= 15 is 0 Å². The molecule has 0 bridgehead atoms. The van der Waals surface area contributed by atoms with Gasteiger partial charge in [-0.2, -0.15) is 0 Å². The monoisotopic (exact) mass is 604 g/mol. The summed E-state index contributed by atoms with van der Waals surface area (Å²) in [6.07, 6.45) is 1.13. The molecular formula is C31H38Cl2N2O6. The third-order valence-electron chi connectivity index (χ3n) is 8.04. The van der Waals surface area contributed by atoms with Crippen LogP contribution in [0.25, 0.3) is 0 Å². The van der Waals surface area contributed by atoms with Crippen LogP contribution in [-0.4, -0.2) is 42.5 Å². The minimum absolute atomic E-state index is 0.166. The number of hydrogen-bond donors (Lipinski definition) is 2. The van der Waals surface area contributed by atoms with E-state index in [0.29, 0.717) is 18.5 Å². The van der Waals surface area contributed by atoms with Gasteiger partial charge in [-0.1, -0.05) is 55.2 Å². The Balaban J connectivity index is 1.71. The highest BCUT2D eigenvalue weighted by atomic mass is 35.5. The second kappa shape index (κ2) is 12.4. The maximum atomic E-state index is 13.5. The Hall–Kier alpha value is -3.10. The van der Waals surface area contributed by atoms with E-state index in [1.54, 1.807) is 42.5 Å². The average molecular weight is 606 g/mol. The Labute approximate surface area is 251 Å². The van der Waals surface area contributed by atoms with E-state index in [0.717, 1.165) is 5.56 Å². The second-order valence-electron chi connectivity index (χ2n) is 12.2. The Bertz CT molecular complexity index is 1300. The SMILES string of the molecule is COC(=O)[C@H](Cc1ccc(NC(=O)c2c(Cl)cccc2Cl)cc1)NC(=O)[C@H]1CC[C@@](C)(C(=O)OC(C)(C)C)C1(C)C. The predicted octanol–water partition coefficient (Wildman–Crippen LogP) is 6.23. The molecule has 2 N–H and O–H groups in total. The van der Waals surface area contributed by atoms with Crippen molar-refractivity contribution in [2.45, 2.75) is 72.4 Å². The summed E-state index contributed by atoms with van der Waals surface area (Å²) in [6, 6.07) is 10.7. The lowest BCUT2D eigenvalue weighted by Crippen LogP contribution is -2.51. The number of rotatable bonds is 8. The number of nitrogens with one attached hydrogen (secondary N) is 2. The zero-order valence-corrected chi connectivity index (χ0v) is 26.0. The van der Waals surface area contributed by atoms with E-state index in [9.17, 15) is 19.2 Å². The normalized spacial score (nSPS) is 20.6. The van der Waals surface area contributed by atoms with Crippen LogP contribution in [-0.2, 0) is 30.3 Å². The number of benzene rings is 2. The first-order valence-corrected chi connectivity index (χ1v) is 14.2. The van der Waals surface area contributed by atoms with Crippen molar-refractivity contribution in [1.82, 2.24) is 5.32 Å². The van der Waals surface area contributed by atoms with Crippen molar-refractivity contribution in [3.8, 4) is 0 Å². The molecule has 0 unspecified atom stereocenters. The third-order valence-corrected chi connectivity index (χ3v) is 8.67. The highest BCUT2D eigenvalue weighted by Gasteiger charge is 2.59. The Morgan fingerprint density at radius 2 is 1.59 bits per heavy atom. The molecule has 0 saturated heterocycles. The van der Waals surface area contributed by atoms with E-state index in [-0.39, 0.29) is 33.9 Å². The maximum Gasteiger partial charge on any atom is 0.328 e. The zero-order chi connectivity index (χ0) is 30.8. The molecule has 1 saturated carbocycles. The van der Waals surface area contributed by atoms with Gasteiger partial charge >= 0.3 is 11.9 Å². The van der Waals surface area contributed by atoms with Gasteiger partial charge in [-0.05, 0) is 75.8 Å². The van der Waals surface area contributed by atoms with Crippen molar-refractivity contribution in [1.29, 1.82) is 0 Å². The first-order chi connectivity index (χ1) is 19.0. The molecule has 0 aromatic heterocycles. The lowest BCUT2D eigenvalue weighted by atomic mass is 9.65. The van der Waals surface area contributed by atoms with Crippen LogP contribution in [0.3, 0.4) is 0 Å². The topological polar surface area (TPSA) is 111 Å². The molecule has 2 aromatic rings. The Kier molecular flexibility index (Phi) is 9.81. The zero-order valence-electron chi connectivity index (χ0n) is 24.5. The molecule has 3 rings (SSSR count). The van der Waals surface area contributed by atoms with Crippen LogP contribution in [0.2, 0.25) is 10.0 Å². The van der Waals surface area contributed by atoms with Gasteiger partial charge in [-0.15, -0.1) is 0 Å². The Morgan fingerprint density at radius 3 is 2.12 bits per heavy atom. The molecule has 10 heteroatoms. The molecule has 2 aromatic carbocycles. The van der Waals surface area contributed by atoms with Crippen LogP contribution in [0.15, 0.2) is 42.5 Å². The minimum Gasteiger partial charge on any atom is -0.467 e. The molecule has 41 heavy (non-hydrogen) atoms. The molecule has 1 aliphatic rings. The molecule has 0 spiro atoms. The largest absolute Gasteiger partial charge is 0.467 e. The van der Waals surface area contributed by atoms with E-state index in [1.807, 2.05) is 41.5 Å². The number of halogens is 2. The van der Waals surface area contributed by atoms with Gasteiger partial charge in [0.1, 0.15) is 11.6 Å². The lowest BCUT2D eigenvalue weighted by Gasteiger charge is -2.40. The quantitative estimate of drug-likeness (QED) is 0.345. The predicted molar refractivity (Wildman–Crippen MR) is 159 cm³/mol. The molecule has 1 fully saturated rings. The fourth-order valence-corrected chi connectivity index (χ4v) is 5.76. The summed E-state index contributed by atoms with van der Waals surface area (Å²) < 4.78 is 10.7. The standard InChI is InChI=1S/C31H38Cl2N2O6/c1-29(2,3)41-28(39)31(6)16-15-20(30(31,4)5)25(36)35-23(27(38)40-7)17-18-11-13-19(14-12-18)34-26(37)24-21(32)9-8-10-22(24)33/h8-14,20,23H,15-17H2,1-7H3,(H,34,37)(H,35,36)/t20-,23+,31+/m1/s1. The fraction of sp³-hybridized carbons (Fsp3) is 0.484. The van der Waals surface area contributed by atoms with Crippen molar-refractivity contribution >= 4 is 52.6 Å². The van der Waals surface area contributed by atoms with Gasteiger partial charge < -0.3 is 20.1 Å².